The Labute approximate surface area is 139 Å². The molecule has 0 bridgehead atoms. The van der Waals surface area contributed by atoms with Gasteiger partial charge in [-0.2, -0.15) is 0 Å². The highest BCUT2D eigenvalue weighted by molar-refractivity contribution is 5.96. The number of fused-ring (bicyclic) bond motifs is 1. The largest absolute Gasteiger partial charge is 0.482 e. The predicted molar refractivity (Wildman–Crippen MR) is 90.7 cm³/mol. The van der Waals surface area contributed by atoms with Crippen LogP contribution in [0.2, 0.25) is 0 Å². The van der Waals surface area contributed by atoms with Gasteiger partial charge in [0.2, 0.25) is 5.43 Å². The lowest BCUT2D eigenvalue weighted by molar-refractivity contribution is 0.0722. The number of likely N-dealkylation sites (N-methyl/N-ethyl adjacent to an activating group) is 1. The highest BCUT2D eigenvalue weighted by atomic mass is 16.5. The Hall–Kier alpha value is -2.80. The Morgan fingerprint density at radius 2 is 2.00 bits per heavy atom. The molecule has 2 N–H and O–H groups in total. The number of rotatable bonds is 6. The van der Waals surface area contributed by atoms with Crippen LogP contribution < -0.4 is 20.9 Å². The van der Waals surface area contributed by atoms with E-state index in [1.54, 1.807) is 15.8 Å². The molecule has 0 radical (unpaired) electrons. The molecule has 126 valence electrons. The zero-order valence-corrected chi connectivity index (χ0v) is 13.5. The third-order valence-electron chi connectivity index (χ3n) is 3.83. The molecule has 7 heteroatoms. The van der Waals surface area contributed by atoms with E-state index in [-0.39, 0.29) is 29.4 Å². The topological polar surface area (TPSA) is 75.6 Å². The van der Waals surface area contributed by atoms with E-state index in [9.17, 15) is 9.59 Å². The first-order chi connectivity index (χ1) is 11.7. The SMILES string of the molecule is CNCCN1CNn2ccc(=O)c(OCc3ccccc3)c2C1=O. The van der Waals surface area contributed by atoms with E-state index < -0.39 is 0 Å². The van der Waals surface area contributed by atoms with E-state index in [4.69, 9.17) is 4.74 Å². The number of benzene rings is 1. The average Bonchev–Trinajstić information content (AvgIpc) is 2.61. The van der Waals surface area contributed by atoms with Crippen LogP contribution in [-0.4, -0.2) is 42.3 Å². The molecule has 0 atom stereocenters. The number of aromatic nitrogens is 1. The van der Waals surface area contributed by atoms with Crippen LogP contribution in [0.1, 0.15) is 16.1 Å². The molecule has 1 amide bonds. The summed E-state index contributed by atoms with van der Waals surface area (Å²) in [5.74, 6) is -0.141. The molecular weight excluding hydrogens is 308 g/mol. The number of nitrogens with one attached hydrogen (secondary N) is 2. The van der Waals surface area contributed by atoms with E-state index >= 15 is 0 Å². The molecule has 24 heavy (non-hydrogen) atoms. The summed E-state index contributed by atoms with van der Waals surface area (Å²) in [4.78, 5) is 26.6. The number of hydrogen-bond acceptors (Lipinski definition) is 5. The highest BCUT2D eigenvalue weighted by Crippen LogP contribution is 2.19. The van der Waals surface area contributed by atoms with Crippen LogP contribution in [0, 0.1) is 0 Å². The minimum atomic E-state index is -0.303. The van der Waals surface area contributed by atoms with Crippen LogP contribution in [0.5, 0.6) is 5.75 Å². The first-order valence-corrected chi connectivity index (χ1v) is 7.81. The van der Waals surface area contributed by atoms with Crippen molar-refractivity contribution in [3.63, 3.8) is 0 Å². The minimum absolute atomic E-state index is 0.0769. The smallest absolute Gasteiger partial charge is 0.277 e. The van der Waals surface area contributed by atoms with Crippen molar-refractivity contribution in [3.8, 4) is 5.75 Å². The van der Waals surface area contributed by atoms with Crippen LogP contribution in [0.25, 0.3) is 0 Å². The molecule has 0 fully saturated rings. The van der Waals surface area contributed by atoms with Crippen molar-refractivity contribution in [2.24, 2.45) is 0 Å². The van der Waals surface area contributed by atoms with Gasteiger partial charge in [0.25, 0.3) is 5.91 Å². The lowest BCUT2D eigenvalue weighted by Crippen LogP contribution is -2.48. The first-order valence-electron chi connectivity index (χ1n) is 7.81. The van der Waals surface area contributed by atoms with E-state index in [1.165, 1.54) is 6.07 Å². The van der Waals surface area contributed by atoms with Crippen molar-refractivity contribution in [1.82, 2.24) is 14.9 Å². The Morgan fingerprint density at radius 1 is 1.21 bits per heavy atom. The predicted octanol–water partition coefficient (Wildman–Crippen LogP) is 0.603. The lowest BCUT2D eigenvalue weighted by atomic mass is 10.2. The van der Waals surface area contributed by atoms with Gasteiger partial charge in [-0.1, -0.05) is 30.3 Å². The second kappa shape index (κ2) is 7.18. The normalized spacial score (nSPS) is 13.4. The first kappa shape index (κ1) is 16.1. The van der Waals surface area contributed by atoms with Gasteiger partial charge in [-0.15, -0.1) is 0 Å². The summed E-state index contributed by atoms with van der Waals surface area (Å²) >= 11 is 0. The number of ether oxygens (including phenoxy) is 1. The van der Waals surface area contributed by atoms with Gasteiger partial charge in [0.05, 0.1) is 0 Å². The van der Waals surface area contributed by atoms with Gasteiger partial charge in [-0.3, -0.25) is 14.3 Å². The standard InChI is InChI=1S/C17H20N4O3/c1-18-8-10-20-12-19-21-9-7-14(22)16(15(21)17(20)23)24-11-13-5-3-2-4-6-13/h2-7,9,18-19H,8,10-12H2,1H3. The second-order valence-electron chi connectivity index (χ2n) is 5.49. The fourth-order valence-electron chi connectivity index (χ4n) is 2.53. The molecule has 0 spiro atoms. The molecule has 0 saturated heterocycles. The van der Waals surface area contributed by atoms with E-state index in [0.29, 0.717) is 19.8 Å². The Kier molecular flexibility index (Phi) is 4.81. The Morgan fingerprint density at radius 3 is 2.75 bits per heavy atom. The average molecular weight is 328 g/mol. The Bertz CT molecular complexity index is 773. The van der Waals surface area contributed by atoms with Gasteiger partial charge in [0, 0.05) is 25.4 Å². The van der Waals surface area contributed by atoms with Crippen LogP contribution in [0.15, 0.2) is 47.4 Å². The van der Waals surface area contributed by atoms with Gasteiger partial charge in [0.1, 0.15) is 13.3 Å². The summed E-state index contributed by atoms with van der Waals surface area (Å²) in [6, 6.07) is 10.9. The van der Waals surface area contributed by atoms with Gasteiger partial charge < -0.3 is 20.4 Å². The van der Waals surface area contributed by atoms with Gasteiger partial charge in [-0.25, -0.2) is 0 Å². The monoisotopic (exact) mass is 328 g/mol. The summed E-state index contributed by atoms with van der Waals surface area (Å²) in [5, 5.41) is 3.01. The van der Waals surface area contributed by atoms with Crippen molar-refractivity contribution in [2.45, 2.75) is 6.61 Å². The van der Waals surface area contributed by atoms with Crippen LogP contribution >= 0.6 is 0 Å². The number of nitrogens with zero attached hydrogens (tertiary/aromatic N) is 2. The van der Waals surface area contributed by atoms with E-state index in [2.05, 4.69) is 10.7 Å². The molecule has 2 aromatic rings. The van der Waals surface area contributed by atoms with Crippen molar-refractivity contribution in [2.75, 3.05) is 32.2 Å². The highest BCUT2D eigenvalue weighted by Gasteiger charge is 2.28. The summed E-state index contributed by atoms with van der Waals surface area (Å²) < 4.78 is 7.26. The molecule has 0 aliphatic carbocycles. The van der Waals surface area contributed by atoms with Gasteiger partial charge in [0.15, 0.2) is 11.4 Å². The van der Waals surface area contributed by atoms with Crippen molar-refractivity contribution in [3.05, 3.63) is 64.1 Å². The zero-order valence-electron chi connectivity index (χ0n) is 13.5. The van der Waals surface area contributed by atoms with Crippen LogP contribution in [0.3, 0.4) is 0 Å². The fourth-order valence-corrected chi connectivity index (χ4v) is 2.53. The number of carbonyl (C=O) groups is 1. The molecule has 1 aliphatic rings. The molecular formula is C17H20N4O3. The Balaban J connectivity index is 1.87. The molecule has 1 aliphatic heterocycles. The number of hydrogen-bond donors (Lipinski definition) is 2. The van der Waals surface area contributed by atoms with Crippen molar-refractivity contribution in [1.29, 1.82) is 0 Å². The number of carbonyl (C=O) groups excluding carboxylic acids is 1. The number of amides is 1. The molecule has 1 aromatic carbocycles. The zero-order chi connectivity index (χ0) is 16.9. The van der Waals surface area contributed by atoms with E-state index in [1.807, 2.05) is 37.4 Å². The fraction of sp³-hybridized carbons (Fsp3) is 0.294. The minimum Gasteiger partial charge on any atom is -0.482 e. The third-order valence-corrected chi connectivity index (χ3v) is 3.83. The quantitative estimate of drug-likeness (QED) is 0.812. The molecule has 7 nitrogen and oxygen atoms in total. The molecule has 2 heterocycles. The summed E-state index contributed by atoms with van der Waals surface area (Å²) in [6.07, 6.45) is 1.56. The van der Waals surface area contributed by atoms with Gasteiger partial charge >= 0.3 is 0 Å². The maximum atomic E-state index is 12.7. The van der Waals surface area contributed by atoms with Gasteiger partial charge in [-0.05, 0) is 12.6 Å². The maximum absolute atomic E-state index is 12.7. The van der Waals surface area contributed by atoms with Crippen molar-refractivity contribution < 1.29 is 9.53 Å². The van der Waals surface area contributed by atoms with E-state index in [0.717, 1.165) is 5.56 Å². The maximum Gasteiger partial charge on any atom is 0.277 e. The second-order valence-corrected chi connectivity index (χ2v) is 5.49. The third kappa shape index (κ3) is 3.26. The summed E-state index contributed by atoms with van der Waals surface area (Å²) in [6.45, 7) is 1.83. The molecule has 1 aromatic heterocycles. The number of pyridine rings is 1. The summed E-state index contributed by atoms with van der Waals surface area (Å²) in [5.41, 5.74) is 3.96. The molecule has 0 saturated carbocycles. The lowest BCUT2D eigenvalue weighted by Gasteiger charge is -2.31. The van der Waals surface area contributed by atoms with Crippen LogP contribution in [-0.2, 0) is 6.61 Å². The molecule has 3 rings (SSSR count). The summed E-state index contributed by atoms with van der Waals surface area (Å²) in [7, 11) is 1.83. The van der Waals surface area contributed by atoms with Crippen molar-refractivity contribution >= 4 is 5.91 Å². The van der Waals surface area contributed by atoms with Crippen LogP contribution in [0.4, 0.5) is 0 Å². The molecule has 0 unspecified atom stereocenters.